The van der Waals surface area contributed by atoms with Crippen molar-refractivity contribution in [3.63, 3.8) is 0 Å². The number of ketones is 2. The molecule has 0 spiro atoms. The molecule has 0 saturated carbocycles. The molecule has 0 amide bonds. The summed E-state index contributed by atoms with van der Waals surface area (Å²) in [6, 6.07) is 10.8. The number of benzene rings is 2. The Morgan fingerprint density at radius 1 is 0.630 bits per heavy atom. The number of carbonyl (C=O) groups excluding carboxylic acids is 6. The molecule has 5 rings (SSSR count). The molecule has 3 aliphatic rings. The average molecular weight is 745 g/mol. The van der Waals surface area contributed by atoms with Crippen molar-refractivity contribution >= 4 is 46.8 Å². The molecular formula is C40H44N2O12. The highest BCUT2D eigenvalue weighted by molar-refractivity contribution is 6.20. The van der Waals surface area contributed by atoms with Crippen LogP contribution >= 0.6 is 0 Å². The summed E-state index contributed by atoms with van der Waals surface area (Å²) in [5, 5.41) is 6.12. The molecule has 4 unspecified atom stereocenters. The van der Waals surface area contributed by atoms with E-state index in [-0.39, 0.29) is 43.8 Å². The Morgan fingerprint density at radius 3 is 1.59 bits per heavy atom. The number of carbonyl (C=O) groups is 6. The molecular weight excluding hydrogens is 700 g/mol. The van der Waals surface area contributed by atoms with Gasteiger partial charge in [0, 0.05) is 11.4 Å². The molecule has 1 aliphatic carbocycles. The average Bonchev–Trinajstić information content (AvgIpc) is 3.12. The van der Waals surface area contributed by atoms with E-state index in [2.05, 4.69) is 10.6 Å². The highest BCUT2D eigenvalue weighted by Crippen LogP contribution is 2.48. The Labute approximate surface area is 312 Å². The van der Waals surface area contributed by atoms with Crippen molar-refractivity contribution in [3.05, 3.63) is 92.9 Å². The zero-order chi connectivity index (χ0) is 39.4. The summed E-state index contributed by atoms with van der Waals surface area (Å²) in [6.45, 7) is 13.0. The SMILES string of the molecule is CCOC(=O)C1=C(Nc2c(C)cccc2C)OC2=C(C(=O)C3OC(Nc4c(C)cccc4C)=C(C(=O)OCC)C(C(=O)OCC)C3C2=O)C1C(=O)OCC. The summed E-state index contributed by atoms with van der Waals surface area (Å²) in [5.74, 6) is -12.5. The predicted molar refractivity (Wildman–Crippen MR) is 193 cm³/mol. The van der Waals surface area contributed by atoms with Crippen molar-refractivity contribution in [3.8, 4) is 0 Å². The van der Waals surface area contributed by atoms with Crippen LogP contribution in [-0.4, -0.2) is 68.0 Å². The number of rotatable bonds is 12. The minimum Gasteiger partial charge on any atom is -0.466 e. The third-order valence-electron chi connectivity index (χ3n) is 9.30. The maximum atomic E-state index is 14.9. The van der Waals surface area contributed by atoms with Crippen LogP contribution in [-0.2, 0) is 57.2 Å². The number of para-hydroxylation sites is 2. The maximum absolute atomic E-state index is 14.9. The van der Waals surface area contributed by atoms with Crippen LogP contribution in [0.4, 0.5) is 11.4 Å². The number of anilines is 2. The van der Waals surface area contributed by atoms with Crippen molar-refractivity contribution in [2.24, 2.45) is 17.8 Å². The number of fused-ring (bicyclic) bond motifs is 1. The van der Waals surface area contributed by atoms with Crippen LogP contribution in [0.3, 0.4) is 0 Å². The number of hydrogen-bond donors (Lipinski definition) is 2. The van der Waals surface area contributed by atoms with Gasteiger partial charge in [-0.15, -0.1) is 0 Å². The first kappa shape index (κ1) is 39.3. The number of hydrogen-bond acceptors (Lipinski definition) is 14. The highest BCUT2D eigenvalue weighted by atomic mass is 16.6. The standard InChI is InChI=1S/C40H44N2O12/c1-9-49-37(45)23-25-31(43)34-26(32(44)33(25)53-35(27(23)39(47)51-11-3)41-29-19(5)15-13-16-20(29)6)24(38(46)50-10-2)28(40(48)52-12-4)36(54-34)42-30-21(7)17-14-18-22(30)8/h13-18,23-25,33,41-42H,9-12H2,1-8H3. The van der Waals surface area contributed by atoms with Crippen LogP contribution in [0.15, 0.2) is 70.6 Å². The molecule has 0 bridgehead atoms. The summed E-state index contributed by atoms with van der Waals surface area (Å²) < 4.78 is 34.0. The second kappa shape index (κ2) is 16.4. The highest BCUT2D eigenvalue weighted by Gasteiger charge is 2.61. The van der Waals surface area contributed by atoms with Gasteiger partial charge in [0.25, 0.3) is 0 Å². The van der Waals surface area contributed by atoms with Crippen molar-refractivity contribution in [1.29, 1.82) is 0 Å². The number of aryl methyl sites for hydroxylation is 4. The number of allylic oxidation sites excluding steroid dienone is 1. The topological polar surface area (TPSA) is 182 Å². The van der Waals surface area contributed by atoms with E-state index in [1.165, 1.54) is 0 Å². The smallest absolute Gasteiger partial charge is 0.340 e. The molecule has 2 aromatic carbocycles. The van der Waals surface area contributed by atoms with Gasteiger partial charge in [-0.2, -0.15) is 0 Å². The summed E-state index contributed by atoms with van der Waals surface area (Å²) in [7, 11) is 0. The van der Waals surface area contributed by atoms with Crippen molar-refractivity contribution in [1.82, 2.24) is 0 Å². The third kappa shape index (κ3) is 7.20. The molecule has 2 heterocycles. The van der Waals surface area contributed by atoms with E-state index < -0.39 is 76.2 Å². The fourth-order valence-corrected chi connectivity index (χ4v) is 6.87. The number of esters is 4. The van der Waals surface area contributed by atoms with Gasteiger partial charge in [-0.05, 0) is 77.6 Å². The molecule has 2 aliphatic heterocycles. The van der Waals surface area contributed by atoms with Crippen LogP contribution in [0, 0.1) is 45.4 Å². The third-order valence-corrected chi connectivity index (χ3v) is 9.30. The van der Waals surface area contributed by atoms with Crippen LogP contribution in [0.2, 0.25) is 0 Å². The summed E-state index contributed by atoms with van der Waals surface area (Å²) >= 11 is 0. The second-order valence-corrected chi connectivity index (χ2v) is 12.8. The van der Waals surface area contributed by atoms with Crippen LogP contribution < -0.4 is 10.6 Å². The lowest BCUT2D eigenvalue weighted by atomic mass is 9.68. The molecule has 0 radical (unpaired) electrons. The minimum absolute atomic E-state index is 0.0933. The Hall–Kier alpha value is -5.92. The zero-order valence-electron chi connectivity index (χ0n) is 31.5. The summed E-state index contributed by atoms with van der Waals surface area (Å²) in [6.07, 6.45) is -1.80. The van der Waals surface area contributed by atoms with Gasteiger partial charge in [0.1, 0.15) is 23.0 Å². The predicted octanol–water partition coefficient (Wildman–Crippen LogP) is 4.80. The fourth-order valence-electron chi connectivity index (χ4n) is 6.87. The van der Waals surface area contributed by atoms with E-state index in [0.717, 1.165) is 22.3 Å². The van der Waals surface area contributed by atoms with E-state index in [9.17, 15) is 28.8 Å². The van der Waals surface area contributed by atoms with Crippen LogP contribution in [0.5, 0.6) is 0 Å². The molecule has 54 heavy (non-hydrogen) atoms. The first-order valence-electron chi connectivity index (χ1n) is 17.8. The van der Waals surface area contributed by atoms with Crippen LogP contribution in [0.1, 0.15) is 49.9 Å². The van der Waals surface area contributed by atoms with Crippen molar-refractivity contribution < 1.29 is 57.2 Å². The van der Waals surface area contributed by atoms with E-state index >= 15 is 0 Å². The molecule has 0 saturated heterocycles. The molecule has 4 atom stereocenters. The number of ether oxygens (including phenoxy) is 6. The van der Waals surface area contributed by atoms with Gasteiger partial charge < -0.3 is 39.1 Å². The number of Topliss-reactive ketones (excluding diaryl/α,β-unsaturated/α-hetero) is 2. The quantitative estimate of drug-likeness (QED) is 0.223. The van der Waals surface area contributed by atoms with E-state index in [4.69, 9.17) is 28.4 Å². The molecule has 14 heteroatoms. The Kier molecular flexibility index (Phi) is 11.9. The lowest BCUT2D eigenvalue weighted by molar-refractivity contribution is -0.162. The van der Waals surface area contributed by atoms with Gasteiger partial charge in [0.15, 0.2) is 11.9 Å². The largest absolute Gasteiger partial charge is 0.466 e. The van der Waals surface area contributed by atoms with Crippen molar-refractivity contribution in [2.45, 2.75) is 61.5 Å². The van der Waals surface area contributed by atoms with E-state index in [1.807, 2.05) is 12.1 Å². The zero-order valence-corrected chi connectivity index (χ0v) is 31.5. The Bertz CT molecular complexity index is 1890. The maximum Gasteiger partial charge on any atom is 0.340 e. The van der Waals surface area contributed by atoms with Gasteiger partial charge >= 0.3 is 23.9 Å². The van der Waals surface area contributed by atoms with Crippen LogP contribution in [0.25, 0.3) is 0 Å². The number of nitrogens with one attached hydrogen (secondary N) is 2. The summed E-state index contributed by atoms with van der Waals surface area (Å²) in [4.78, 5) is 85.2. The Morgan fingerprint density at radius 2 is 1.09 bits per heavy atom. The van der Waals surface area contributed by atoms with E-state index in [1.54, 1.807) is 79.7 Å². The molecule has 286 valence electrons. The molecule has 14 nitrogen and oxygen atoms in total. The first-order chi connectivity index (χ1) is 25.8. The van der Waals surface area contributed by atoms with E-state index in [0.29, 0.717) is 11.4 Å². The Balaban J connectivity index is 1.75. The first-order valence-corrected chi connectivity index (χ1v) is 17.8. The van der Waals surface area contributed by atoms with Gasteiger partial charge in [0.2, 0.25) is 23.3 Å². The van der Waals surface area contributed by atoms with Gasteiger partial charge in [-0.1, -0.05) is 36.4 Å². The lowest BCUT2D eigenvalue weighted by Gasteiger charge is -2.42. The lowest BCUT2D eigenvalue weighted by Crippen LogP contribution is -2.56. The van der Waals surface area contributed by atoms with Gasteiger partial charge in [-0.3, -0.25) is 19.2 Å². The minimum atomic E-state index is -1.81. The molecule has 2 aromatic rings. The molecule has 2 N–H and O–H groups in total. The monoisotopic (exact) mass is 744 g/mol. The molecule has 0 aromatic heterocycles. The second-order valence-electron chi connectivity index (χ2n) is 12.8. The molecule has 0 fully saturated rings. The van der Waals surface area contributed by atoms with Gasteiger partial charge in [0.05, 0.1) is 37.9 Å². The summed E-state index contributed by atoms with van der Waals surface area (Å²) in [5.41, 5.74) is 2.60. The fraction of sp³-hybridized carbons (Fsp3) is 0.400. The van der Waals surface area contributed by atoms with Crippen molar-refractivity contribution in [2.75, 3.05) is 37.1 Å². The van der Waals surface area contributed by atoms with Gasteiger partial charge in [-0.25, -0.2) is 9.59 Å². The normalized spacial score (nSPS) is 20.6.